The van der Waals surface area contributed by atoms with E-state index in [1.807, 2.05) is 28.8 Å². The maximum absolute atomic E-state index is 12.3. The van der Waals surface area contributed by atoms with Crippen molar-refractivity contribution in [2.45, 2.75) is 19.4 Å². The number of nitrogens with two attached hydrogens (primary N) is 1. The Kier molecular flexibility index (Phi) is 5.25. The third-order valence-corrected chi connectivity index (χ3v) is 3.88. The summed E-state index contributed by atoms with van der Waals surface area (Å²) >= 11 is 3.39. The largest absolute Gasteiger partial charge is 0.345 e. The molecule has 0 bridgehead atoms. The van der Waals surface area contributed by atoms with E-state index in [9.17, 15) is 4.79 Å². The molecular weight excluding hydrogens is 318 g/mol. The van der Waals surface area contributed by atoms with E-state index in [1.165, 1.54) is 0 Å². The van der Waals surface area contributed by atoms with Gasteiger partial charge in [0.15, 0.2) is 0 Å². The molecule has 2 heterocycles. The van der Waals surface area contributed by atoms with Crippen LogP contribution < -0.4 is 5.73 Å². The molecule has 2 atom stereocenters. The summed E-state index contributed by atoms with van der Waals surface area (Å²) < 4.78 is 2.79. The Morgan fingerprint density at radius 1 is 1.56 bits per heavy atom. The molecule has 2 N–H and O–H groups in total. The molecule has 2 rings (SSSR count). The zero-order valence-corrected chi connectivity index (χ0v) is 13.0. The highest BCUT2D eigenvalue weighted by atomic mass is 79.9. The minimum Gasteiger partial charge on any atom is -0.345 e. The Morgan fingerprint density at radius 3 is 2.72 bits per heavy atom. The van der Waals surface area contributed by atoms with Crippen molar-refractivity contribution in [3.05, 3.63) is 22.4 Å². The summed E-state index contributed by atoms with van der Waals surface area (Å²) in [5.74, 6) is 0.466. The molecule has 1 aliphatic heterocycles. The predicted octanol–water partition coefficient (Wildman–Crippen LogP) is 2.02. The number of amides is 1. The second kappa shape index (κ2) is 6.08. The predicted molar refractivity (Wildman–Crippen MR) is 78.0 cm³/mol. The van der Waals surface area contributed by atoms with Crippen molar-refractivity contribution in [2.24, 2.45) is 18.7 Å². The Morgan fingerprint density at radius 2 is 2.22 bits per heavy atom. The van der Waals surface area contributed by atoms with Gasteiger partial charge in [0.2, 0.25) is 0 Å². The van der Waals surface area contributed by atoms with Gasteiger partial charge in [-0.2, -0.15) is 0 Å². The molecule has 6 heteroatoms. The lowest BCUT2D eigenvalue weighted by Crippen LogP contribution is -2.48. The first kappa shape index (κ1) is 15.5. The van der Waals surface area contributed by atoms with Gasteiger partial charge in [-0.1, -0.05) is 6.92 Å². The fourth-order valence-electron chi connectivity index (χ4n) is 2.25. The van der Waals surface area contributed by atoms with Crippen molar-refractivity contribution >= 4 is 34.2 Å². The fraction of sp³-hybridized carbons (Fsp3) is 0.583. The smallest absolute Gasteiger partial charge is 0.270 e. The van der Waals surface area contributed by atoms with Gasteiger partial charge in [0.05, 0.1) is 0 Å². The van der Waals surface area contributed by atoms with Crippen LogP contribution in [0.1, 0.15) is 23.8 Å². The van der Waals surface area contributed by atoms with Crippen molar-refractivity contribution in [3.63, 3.8) is 0 Å². The molecule has 18 heavy (non-hydrogen) atoms. The molecule has 1 saturated heterocycles. The zero-order chi connectivity index (χ0) is 12.6. The lowest BCUT2D eigenvalue weighted by Gasteiger charge is -2.35. The van der Waals surface area contributed by atoms with Crippen molar-refractivity contribution in [2.75, 3.05) is 13.1 Å². The Bertz CT molecular complexity index is 435. The maximum atomic E-state index is 12.3. The van der Waals surface area contributed by atoms with E-state index in [4.69, 9.17) is 5.73 Å². The van der Waals surface area contributed by atoms with Gasteiger partial charge in [-0.05, 0) is 34.3 Å². The molecule has 0 spiro atoms. The van der Waals surface area contributed by atoms with E-state index in [-0.39, 0.29) is 24.4 Å². The van der Waals surface area contributed by atoms with Crippen LogP contribution in [0.2, 0.25) is 0 Å². The van der Waals surface area contributed by atoms with Crippen LogP contribution in [0.15, 0.2) is 16.7 Å². The molecule has 0 radical (unpaired) electrons. The Balaban J connectivity index is 0.00000162. The second-order valence-electron chi connectivity index (χ2n) is 4.84. The molecular formula is C12H19BrClN3O. The maximum Gasteiger partial charge on any atom is 0.270 e. The summed E-state index contributed by atoms with van der Waals surface area (Å²) in [6, 6.07) is 2.08. The number of hydrogen-bond acceptors (Lipinski definition) is 2. The summed E-state index contributed by atoms with van der Waals surface area (Å²) in [7, 11) is 1.89. The molecule has 0 aliphatic carbocycles. The lowest BCUT2D eigenvalue weighted by molar-refractivity contribution is 0.0654. The quantitative estimate of drug-likeness (QED) is 0.853. The molecule has 0 aromatic carbocycles. The Hall–Kier alpha value is -0.520. The van der Waals surface area contributed by atoms with Crippen LogP contribution in [0.5, 0.6) is 0 Å². The zero-order valence-electron chi connectivity index (χ0n) is 10.6. The van der Waals surface area contributed by atoms with E-state index in [0.717, 1.165) is 29.7 Å². The topological polar surface area (TPSA) is 51.3 Å². The minimum absolute atomic E-state index is 0. The van der Waals surface area contributed by atoms with Crippen LogP contribution >= 0.6 is 28.3 Å². The highest BCUT2D eigenvalue weighted by Gasteiger charge is 2.27. The molecule has 1 fully saturated rings. The van der Waals surface area contributed by atoms with Crippen LogP contribution in [0.25, 0.3) is 0 Å². The number of nitrogens with zero attached hydrogens (tertiary/aromatic N) is 2. The number of aryl methyl sites for hydroxylation is 1. The molecule has 102 valence electrons. The van der Waals surface area contributed by atoms with Crippen molar-refractivity contribution in [1.29, 1.82) is 0 Å². The van der Waals surface area contributed by atoms with Gasteiger partial charge in [-0.3, -0.25) is 4.79 Å². The van der Waals surface area contributed by atoms with Crippen molar-refractivity contribution in [3.8, 4) is 0 Å². The summed E-state index contributed by atoms with van der Waals surface area (Å²) in [5.41, 5.74) is 6.68. The standard InChI is InChI=1S/C12H18BrN3O.ClH/c1-8-6-16(4-3-10(8)14)12(17)11-5-9(13)7-15(11)2;/h5,7-8,10H,3-4,6,14H2,1-2H3;1H. The molecule has 0 saturated carbocycles. The number of aromatic nitrogens is 1. The van der Waals surface area contributed by atoms with Gasteiger partial charge in [-0.15, -0.1) is 12.4 Å². The monoisotopic (exact) mass is 335 g/mol. The van der Waals surface area contributed by atoms with Crippen molar-refractivity contribution < 1.29 is 4.79 Å². The summed E-state index contributed by atoms with van der Waals surface area (Å²) in [4.78, 5) is 14.2. The highest BCUT2D eigenvalue weighted by molar-refractivity contribution is 9.10. The van der Waals surface area contributed by atoms with E-state index in [0.29, 0.717) is 5.92 Å². The third kappa shape index (κ3) is 3.08. The third-order valence-electron chi connectivity index (χ3n) is 3.45. The van der Waals surface area contributed by atoms with E-state index in [1.54, 1.807) is 0 Å². The highest BCUT2D eigenvalue weighted by Crippen LogP contribution is 2.20. The van der Waals surface area contributed by atoms with Gasteiger partial charge < -0.3 is 15.2 Å². The molecule has 1 aliphatic rings. The van der Waals surface area contributed by atoms with Gasteiger partial charge in [0, 0.05) is 36.8 Å². The number of piperidine rings is 1. The number of halogens is 2. The van der Waals surface area contributed by atoms with Gasteiger partial charge >= 0.3 is 0 Å². The number of likely N-dealkylation sites (tertiary alicyclic amines) is 1. The summed E-state index contributed by atoms with van der Waals surface area (Å²) in [6.07, 6.45) is 2.78. The number of carbonyl (C=O) groups excluding carboxylic acids is 1. The average molecular weight is 337 g/mol. The molecule has 1 amide bonds. The van der Waals surface area contributed by atoms with E-state index >= 15 is 0 Å². The minimum atomic E-state index is 0. The second-order valence-corrected chi connectivity index (χ2v) is 5.75. The molecule has 1 aromatic rings. The molecule has 4 nitrogen and oxygen atoms in total. The number of hydrogen-bond donors (Lipinski definition) is 1. The van der Waals surface area contributed by atoms with Crippen LogP contribution in [0, 0.1) is 5.92 Å². The SMILES string of the molecule is CC1CN(C(=O)c2cc(Br)cn2C)CCC1N.Cl. The first-order valence-corrected chi connectivity index (χ1v) is 6.65. The van der Waals surface area contributed by atoms with Gasteiger partial charge in [0.1, 0.15) is 5.69 Å². The van der Waals surface area contributed by atoms with Crippen LogP contribution in [-0.4, -0.2) is 34.5 Å². The van der Waals surface area contributed by atoms with Crippen LogP contribution in [-0.2, 0) is 7.05 Å². The lowest BCUT2D eigenvalue weighted by atomic mass is 9.94. The van der Waals surface area contributed by atoms with Crippen LogP contribution in [0.4, 0.5) is 0 Å². The normalized spacial score (nSPS) is 23.7. The van der Waals surface area contributed by atoms with Crippen LogP contribution in [0.3, 0.4) is 0 Å². The Labute approximate surface area is 122 Å². The molecule has 1 aromatic heterocycles. The van der Waals surface area contributed by atoms with Gasteiger partial charge in [0.25, 0.3) is 5.91 Å². The van der Waals surface area contributed by atoms with E-state index in [2.05, 4.69) is 22.9 Å². The van der Waals surface area contributed by atoms with Gasteiger partial charge in [-0.25, -0.2) is 0 Å². The van der Waals surface area contributed by atoms with Crippen molar-refractivity contribution in [1.82, 2.24) is 9.47 Å². The first-order chi connectivity index (χ1) is 7.99. The first-order valence-electron chi connectivity index (χ1n) is 5.85. The fourth-order valence-corrected chi connectivity index (χ4v) is 2.77. The summed E-state index contributed by atoms with van der Waals surface area (Å²) in [5, 5.41) is 0. The number of carbonyl (C=O) groups is 1. The van der Waals surface area contributed by atoms with E-state index < -0.39 is 0 Å². The molecule has 2 unspecified atom stereocenters. The summed E-state index contributed by atoms with van der Waals surface area (Å²) in [6.45, 7) is 3.61. The number of rotatable bonds is 1. The average Bonchev–Trinajstić information content (AvgIpc) is 2.61.